The zero-order valence-electron chi connectivity index (χ0n) is 17.9. The second-order valence-corrected chi connectivity index (χ2v) is 7.42. The molecule has 3 N–H and O–H groups in total. The molecule has 2 amide bonds. The van der Waals surface area contributed by atoms with Gasteiger partial charge in [-0.2, -0.15) is 5.26 Å². The van der Waals surface area contributed by atoms with Crippen LogP contribution in [-0.4, -0.2) is 27.9 Å². The van der Waals surface area contributed by atoms with Crippen LogP contribution in [0.3, 0.4) is 0 Å². The number of anilines is 2. The number of rotatable bonds is 6. The summed E-state index contributed by atoms with van der Waals surface area (Å²) in [7, 11) is 0. The monoisotopic (exact) mass is 454 g/mol. The number of nitriles is 1. The Balaban J connectivity index is 1.68. The molecule has 1 aromatic heterocycles. The molecule has 1 heterocycles. The Bertz CT molecular complexity index is 1450. The molecular weight excluding hydrogens is 436 g/mol. The van der Waals surface area contributed by atoms with Crippen molar-refractivity contribution in [3.8, 4) is 6.07 Å². The molecule has 0 saturated heterocycles. The number of aromatic nitrogens is 1. The lowest BCUT2D eigenvalue weighted by Gasteiger charge is -2.16. The number of carbonyl (C=O) groups is 3. The topological polar surface area (TPSA) is 145 Å². The van der Waals surface area contributed by atoms with Gasteiger partial charge < -0.3 is 20.3 Å². The molecular formula is C25H18N4O5. The predicted octanol–water partition coefficient (Wildman–Crippen LogP) is 3.83. The van der Waals surface area contributed by atoms with Crippen molar-refractivity contribution in [3.05, 3.63) is 89.1 Å². The van der Waals surface area contributed by atoms with Crippen molar-refractivity contribution >= 4 is 39.9 Å². The molecule has 3 aromatic carbocycles. The SMILES string of the molecule is CC(=O)Nc1ccc2onc(C(=O)Nc3ccc(C#N)cc3C(O)C(=O)c3ccccc3)c2c1. The van der Waals surface area contributed by atoms with Crippen LogP contribution < -0.4 is 10.6 Å². The lowest BCUT2D eigenvalue weighted by Crippen LogP contribution is -2.18. The van der Waals surface area contributed by atoms with E-state index in [1.807, 2.05) is 6.07 Å². The van der Waals surface area contributed by atoms with Crippen molar-refractivity contribution in [3.63, 3.8) is 0 Å². The number of hydrogen-bond donors (Lipinski definition) is 3. The summed E-state index contributed by atoms with van der Waals surface area (Å²) in [6.07, 6.45) is -1.62. The molecule has 0 saturated carbocycles. The number of Topliss-reactive ketones (excluding diaryl/α,β-unsaturated/α-hetero) is 1. The zero-order chi connectivity index (χ0) is 24.2. The summed E-state index contributed by atoms with van der Waals surface area (Å²) in [5.74, 6) is -1.52. The van der Waals surface area contributed by atoms with Gasteiger partial charge in [0.1, 0.15) is 6.10 Å². The van der Waals surface area contributed by atoms with E-state index in [0.717, 1.165) is 0 Å². The number of fused-ring (bicyclic) bond motifs is 1. The van der Waals surface area contributed by atoms with Gasteiger partial charge in [0.05, 0.1) is 17.0 Å². The molecule has 1 atom stereocenters. The van der Waals surface area contributed by atoms with Crippen LogP contribution in [0, 0.1) is 11.3 Å². The minimum atomic E-state index is -1.62. The van der Waals surface area contributed by atoms with Crippen molar-refractivity contribution in [2.75, 3.05) is 10.6 Å². The second-order valence-electron chi connectivity index (χ2n) is 7.42. The molecule has 168 valence electrons. The van der Waals surface area contributed by atoms with E-state index in [1.54, 1.807) is 48.5 Å². The minimum Gasteiger partial charge on any atom is -0.380 e. The quantitative estimate of drug-likeness (QED) is 0.375. The van der Waals surface area contributed by atoms with E-state index in [9.17, 15) is 24.8 Å². The molecule has 9 heteroatoms. The van der Waals surface area contributed by atoms with Gasteiger partial charge in [-0.15, -0.1) is 0 Å². The fraction of sp³-hybridized carbons (Fsp3) is 0.0800. The van der Waals surface area contributed by atoms with Crippen molar-refractivity contribution in [2.24, 2.45) is 0 Å². The van der Waals surface area contributed by atoms with Gasteiger partial charge in [-0.1, -0.05) is 35.5 Å². The maximum atomic E-state index is 13.0. The van der Waals surface area contributed by atoms with Crippen molar-refractivity contribution in [1.29, 1.82) is 5.26 Å². The smallest absolute Gasteiger partial charge is 0.278 e. The number of ketones is 1. The van der Waals surface area contributed by atoms with Crippen LogP contribution in [-0.2, 0) is 4.79 Å². The summed E-state index contributed by atoms with van der Waals surface area (Å²) in [4.78, 5) is 37.2. The van der Waals surface area contributed by atoms with Gasteiger partial charge in [0.25, 0.3) is 5.91 Å². The number of nitrogens with zero attached hydrogens (tertiary/aromatic N) is 2. The molecule has 9 nitrogen and oxygen atoms in total. The molecule has 0 bridgehead atoms. The summed E-state index contributed by atoms with van der Waals surface area (Å²) in [6, 6.07) is 19.1. The predicted molar refractivity (Wildman–Crippen MR) is 123 cm³/mol. The highest BCUT2D eigenvalue weighted by Crippen LogP contribution is 2.29. The van der Waals surface area contributed by atoms with E-state index in [4.69, 9.17) is 4.52 Å². The molecule has 0 aliphatic heterocycles. The van der Waals surface area contributed by atoms with Crippen molar-refractivity contribution in [2.45, 2.75) is 13.0 Å². The Hall–Kier alpha value is -4.81. The first kappa shape index (κ1) is 22.4. The van der Waals surface area contributed by atoms with Crippen LogP contribution in [0.5, 0.6) is 0 Å². The van der Waals surface area contributed by atoms with E-state index >= 15 is 0 Å². The highest BCUT2D eigenvalue weighted by atomic mass is 16.5. The van der Waals surface area contributed by atoms with Crippen LogP contribution in [0.25, 0.3) is 11.0 Å². The summed E-state index contributed by atoms with van der Waals surface area (Å²) in [5, 5.41) is 29.5. The molecule has 34 heavy (non-hydrogen) atoms. The van der Waals surface area contributed by atoms with Gasteiger partial charge in [-0.3, -0.25) is 14.4 Å². The average Bonchev–Trinajstić information content (AvgIpc) is 3.27. The molecule has 0 aliphatic carbocycles. The Labute approximate surface area is 193 Å². The summed E-state index contributed by atoms with van der Waals surface area (Å²) in [5.41, 5.74) is 1.42. The third kappa shape index (κ3) is 4.53. The van der Waals surface area contributed by atoms with Gasteiger partial charge >= 0.3 is 0 Å². The number of aliphatic hydroxyl groups is 1. The number of carbonyl (C=O) groups excluding carboxylic acids is 3. The highest BCUT2D eigenvalue weighted by molar-refractivity contribution is 6.12. The second kappa shape index (κ2) is 9.36. The molecule has 0 fully saturated rings. The zero-order valence-corrected chi connectivity index (χ0v) is 17.9. The first-order valence-corrected chi connectivity index (χ1v) is 10.2. The Morgan fingerprint density at radius 3 is 2.50 bits per heavy atom. The Morgan fingerprint density at radius 1 is 1.03 bits per heavy atom. The Kier molecular flexibility index (Phi) is 6.16. The molecule has 1 unspecified atom stereocenters. The average molecular weight is 454 g/mol. The van der Waals surface area contributed by atoms with Crippen LogP contribution in [0.2, 0.25) is 0 Å². The lowest BCUT2D eigenvalue weighted by atomic mass is 9.97. The standard InChI is InChI=1S/C25H18N4O5/c1-14(30)27-17-8-10-21-19(12-17)22(29-34-21)25(33)28-20-9-7-15(13-26)11-18(20)24(32)23(31)16-5-3-2-4-6-16/h2-12,24,32H,1H3,(H,27,30)(H,28,33). The fourth-order valence-electron chi connectivity index (χ4n) is 3.44. The lowest BCUT2D eigenvalue weighted by molar-refractivity contribution is -0.114. The summed E-state index contributed by atoms with van der Waals surface area (Å²) in [6.45, 7) is 1.36. The minimum absolute atomic E-state index is 0.0543. The van der Waals surface area contributed by atoms with Crippen LogP contribution in [0.15, 0.2) is 71.3 Å². The fourth-order valence-corrected chi connectivity index (χ4v) is 3.44. The van der Waals surface area contributed by atoms with Crippen LogP contribution in [0.1, 0.15) is 45.0 Å². The molecule has 4 rings (SSSR count). The largest absolute Gasteiger partial charge is 0.380 e. The van der Waals surface area contributed by atoms with Crippen molar-refractivity contribution in [1.82, 2.24) is 5.16 Å². The van der Waals surface area contributed by atoms with E-state index in [-0.39, 0.29) is 34.0 Å². The summed E-state index contributed by atoms with van der Waals surface area (Å²) >= 11 is 0. The van der Waals surface area contributed by atoms with Gasteiger partial charge in [-0.25, -0.2) is 0 Å². The first-order chi connectivity index (χ1) is 16.4. The van der Waals surface area contributed by atoms with E-state index < -0.39 is 17.8 Å². The van der Waals surface area contributed by atoms with E-state index in [1.165, 1.54) is 25.1 Å². The molecule has 0 spiro atoms. The maximum Gasteiger partial charge on any atom is 0.278 e. The third-order valence-electron chi connectivity index (χ3n) is 5.04. The Morgan fingerprint density at radius 2 is 1.79 bits per heavy atom. The summed E-state index contributed by atoms with van der Waals surface area (Å²) < 4.78 is 5.21. The molecule has 0 radical (unpaired) electrons. The highest BCUT2D eigenvalue weighted by Gasteiger charge is 2.25. The van der Waals surface area contributed by atoms with Crippen LogP contribution >= 0.6 is 0 Å². The van der Waals surface area contributed by atoms with Gasteiger partial charge in [0, 0.05) is 29.4 Å². The van der Waals surface area contributed by atoms with Gasteiger partial charge in [-0.05, 0) is 36.4 Å². The number of hydrogen-bond acceptors (Lipinski definition) is 7. The van der Waals surface area contributed by atoms with Gasteiger partial charge in [0.15, 0.2) is 17.1 Å². The van der Waals surface area contributed by atoms with Gasteiger partial charge in [0.2, 0.25) is 5.91 Å². The number of benzene rings is 3. The van der Waals surface area contributed by atoms with Crippen LogP contribution in [0.4, 0.5) is 11.4 Å². The maximum absolute atomic E-state index is 13.0. The third-order valence-corrected chi connectivity index (χ3v) is 5.04. The normalized spacial score (nSPS) is 11.4. The molecule has 4 aromatic rings. The number of nitrogens with one attached hydrogen (secondary N) is 2. The first-order valence-electron chi connectivity index (χ1n) is 10.2. The number of amides is 2. The molecule has 0 aliphatic rings. The number of aliphatic hydroxyl groups excluding tert-OH is 1. The van der Waals surface area contributed by atoms with E-state index in [0.29, 0.717) is 16.7 Å². The van der Waals surface area contributed by atoms with E-state index in [2.05, 4.69) is 15.8 Å². The van der Waals surface area contributed by atoms with Crippen molar-refractivity contribution < 1.29 is 24.0 Å².